The highest BCUT2D eigenvalue weighted by atomic mass is 16.6. The van der Waals surface area contributed by atoms with E-state index in [0.717, 1.165) is 28.0 Å². The lowest BCUT2D eigenvalue weighted by Gasteiger charge is -2.25. The Balaban J connectivity index is 1.51. The number of imidazole rings is 1. The largest absolute Gasteiger partial charge is 0.452 e. The zero-order chi connectivity index (χ0) is 22.9. The number of carbonyl (C=O) groups is 2. The van der Waals surface area contributed by atoms with Crippen LogP contribution in [0, 0.1) is 6.92 Å². The van der Waals surface area contributed by atoms with Crippen LogP contribution in [0.2, 0.25) is 0 Å². The lowest BCUT2D eigenvalue weighted by atomic mass is 10.1. The van der Waals surface area contributed by atoms with E-state index in [1.807, 2.05) is 73.1 Å². The molecule has 33 heavy (non-hydrogen) atoms. The van der Waals surface area contributed by atoms with Gasteiger partial charge in [-0.2, -0.15) is 0 Å². The molecule has 0 aliphatic carbocycles. The van der Waals surface area contributed by atoms with Crippen molar-refractivity contribution in [2.24, 2.45) is 7.05 Å². The first-order chi connectivity index (χ1) is 16.0. The van der Waals surface area contributed by atoms with Crippen molar-refractivity contribution in [1.82, 2.24) is 19.6 Å². The number of esters is 1. The van der Waals surface area contributed by atoms with E-state index in [1.54, 1.807) is 4.90 Å². The summed E-state index contributed by atoms with van der Waals surface area (Å²) in [5, 5.41) is 4.25. The summed E-state index contributed by atoms with van der Waals surface area (Å²) in [7, 11) is 1.93. The maximum atomic E-state index is 13.5. The molecule has 1 aliphatic rings. The summed E-state index contributed by atoms with van der Waals surface area (Å²) in [4.78, 5) is 31.6. The third-order valence-corrected chi connectivity index (χ3v) is 6.06. The molecule has 8 heteroatoms. The van der Waals surface area contributed by atoms with Crippen LogP contribution in [-0.2, 0) is 34.5 Å². The van der Waals surface area contributed by atoms with Crippen LogP contribution in [0.3, 0.4) is 0 Å². The van der Waals surface area contributed by atoms with E-state index in [9.17, 15) is 9.59 Å². The fraction of sp³-hybridized carbons (Fsp3) is 0.280. The zero-order valence-corrected chi connectivity index (χ0v) is 18.5. The number of para-hydroxylation sites is 2. The van der Waals surface area contributed by atoms with Gasteiger partial charge in [0, 0.05) is 31.0 Å². The van der Waals surface area contributed by atoms with Gasteiger partial charge in [-0.15, -0.1) is 0 Å². The number of nitrogens with zero attached hydrogens (tertiary/aromatic N) is 4. The number of aromatic nitrogens is 3. The number of carbonyl (C=O) groups excluding carboxylic acids is 2. The molecular weight excluding hydrogens is 420 g/mol. The number of rotatable bonds is 6. The van der Waals surface area contributed by atoms with E-state index in [1.165, 1.54) is 0 Å². The highest BCUT2D eigenvalue weighted by molar-refractivity contribution is 5.86. The maximum absolute atomic E-state index is 13.5. The molecule has 0 bridgehead atoms. The fourth-order valence-corrected chi connectivity index (χ4v) is 4.21. The van der Waals surface area contributed by atoms with Gasteiger partial charge in [0.25, 0.3) is 5.91 Å². The van der Waals surface area contributed by atoms with Gasteiger partial charge in [0.05, 0.1) is 24.1 Å². The van der Waals surface area contributed by atoms with Crippen LogP contribution in [0.15, 0.2) is 59.1 Å². The van der Waals surface area contributed by atoms with Gasteiger partial charge in [-0.1, -0.05) is 47.6 Å². The molecule has 0 spiro atoms. The van der Waals surface area contributed by atoms with Crippen molar-refractivity contribution in [1.29, 1.82) is 0 Å². The second-order valence-electron chi connectivity index (χ2n) is 8.22. The summed E-state index contributed by atoms with van der Waals surface area (Å²) in [6.45, 7) is 2.36. The van der Waals surface area contributed by atoms with Crippen molar-refractivity contribution in [2.45, 2.75) is 39.0 Å². The Labute approximate surface area is 190 Å². The standard InChI is InChI=1S/C25H24N4O4/c1-16-18(24(27-33-16)17-8-4-3-5-9-17)14-29(25(31)21-12-13-23(30)32-21)15-22-26-19-10-6-7-11-20(19)28(22)2/h3-11,21H,12-15H2,1-2H3. The summed E-state index contributed by atoms with van der Waals surface area (Å²) >= 11 is 0. The van der Waals surface area contributed by atoms with Crippen molar-refractivity contribution in [3.63, 3.8) is 0 Å². The summed E-state index contributed by atoms with van der Waals surface area (Å²) < 4.78 is 12.8. The topological polar surface area (TPSA) is 90.5 Å². The molecule has 1 atom stereocenters. The summed E-state index contributed by atoms with van der Waals surface area (Å²) in [6, 6.07) is 17.6. The minimum atomic E-state index is -0.785. The van der Waals surface area contributed by atoms with Crippen LogP contribution in [0.5, 0.6) is 0 Å². The molecule has 0 N–H and O–H groups in total. The van der Waals surface area contributed by atoms with Crippen LogP contribution in [0.1, 0.15) is 30.0 Å². The Morgan fingerprint density at radius 3 is 2.61 bits per heavy atom. The number of aryl methyl sites for hydroxylation is 2. The molecule has 0 radical (unpaired) electrons. The zero-order valence-electron chi connectivity index (χ0n) is 18.5. The summed E-state index contributed by atoms with van der Waals surface area (Å²) in [5.74, 6) is 0.791. The molecule has 5 rings (SSSR count). The molecule has 1 unspecified atom stereocenters. The van der Waals surface area contributed by atoms with E-state index >= 15 is 0 Å². The monoisotopic (exact) mass is 444 g/mol. The lowest BCUT2D eigenvalue weighted by Crippen LogP contribution is -2.39. The van der Waals surface area contributed by atoms with Crippen molar-refractivity contribution >= 4 is 22.9 Å². The number of ether oxygens (including phenoxy) is 1. The summed E-state index contributed by atoms with van der Waals surface area (Å²) in [6.07, 6.45) is -0.157. The molecule has 168 valence electrons. The Morgan fingerprint density at radius 1 is 1.12 bits per heavy atom. The molecule has 0 saturated carbocycles. The normalized spacial score (nSPS) is 15.7. The highest BCUT2D eigenvalue weighted by Crippen LogP contribution is 2.28. The minimum absolute atomic E-state index is 0.243. The minimum Gasteiger partial charge on any atom is -0.452 e. The van der Waals surface area contributed by atoms with Crippen molar-refractivity contribution in [3.8, 4) is 11.3 Å². The van der Waals surface area contributed by atoms with E-state index < -0.39 is 6.10 Å². The Morgan fingerprint density at radius 2 is 1.88 bits per heavy atom. The van der Waals surface area contributed by atoms with Gasteiger partial charge < -0.3 is 18.7 Å². The molecule has 1 saturated heterocycles. The first kappa shape index (κ1) is 20.9. The molecular formula is C25H24N4O4. The van der Waals surface area contributed by atoms with E-state index in [4.69, 9.17) is 14.2 Å². The predicted octanol–water partition coefficient (Wildman–Crippen LogP) is 3.77. The van der Waals surface area contributed by atoms with Gasteiger partial charge in [0.15, 0.2) is 6.10 Å². The second-order valence-corrected chi connectivity index (χ2v) is 8.22. The van der Waals surface area contributed by atoms with Gasteiger partial charge in [-0.3, -0.25) is 9.59 Å². The van der Waals surface area contributed by atoms with Gasteiger partial charge in [0.2, 0.25) is 0 Å². The van der Waals surface area contributed by atoms with Crippen molar-refractivity contribution < 1.29 is 18.8 Å². The average Bonchev–Trinajstić information content (AvgIpc) is 3.52. The first-order valence-corrected chi connectivity index (χ1v) is 10.9. The third-order valence-electron chi connectivity index (χ3n) is 6.06. The number of fused-ring (bicyclic) bond motifs is 1. The Hall–Kier alpha value is -3.94. The molecule has 8 nitrogen and oxygen atoms in total. The molecule has 1 amide bonds. The second kappa shape index (κ2) is 8.54. The number of benzene rings is 2. The quantitative estimate of drug-likeness (QED) is 0.421. The van der Waals surface area contributed by atoms with Crippen LogP contribution in [0.4, 0.5) is 0 Å². The maximum Gasteiger partial charge on any atom is 0.306 e. The molecule has 4 aromatic rings. The van der Waals surface area contributed by atoms with Gasteiger partial charge >= 0.3 is 5.97 Å². The lowest BCUT2D eigenvalue weighted by molar-refractivity contribution is -0.153. The van der Waals surface area contributed by atoms with Gasteiger partial charge in [-0.25, -0.2) is 4.98 Å². The van der Waals surface area contributed by atoms with Crippen LogP contribution in [-0.4, -0.2) is 37.6 Å². The van der Waals surface area contributed by atoms with E-state index in [0.29, 0.717) is 17.9 Å². The van der Waals surface area contributed by atoms with Crippen LogP contribution < -0.4 is 0 Å². The average molecular weight is 444 g/mol. The Kier molecular flexibility index (Phi) is 5.42. The number of cyclic esters (lactones) is 1. The molecule has 3 heterocycles. The van der Waals surface area contributed by atoms with Gasteiger partial charge in [0.1, 0.15) is 17.3 Å². The number of amides is 1. The molecule has 2 aromatic heterocycles. The van der Waals surface area contributed by atoms with Crippen molar-refractivity contribution in [3.05, 3.63) is 71.7 Å². The van der Waals surface area contributed by atoms with Crippen LogP contribution in [0.25, 0.3) is 22.3 Å². The summed E-state index contributed by atoms with van der Waals surface area (Å²) in [5.41, 5.74) is 4.27. The van der Waals surface area contributed by atoms with E-state index in [2.05, 4.69) is 5.16 Å². The number of hydrogen-bond donors (Lipinski definition) is 0. The molecule has 2 aromatic carbocycles. The third kappa shape index (κ3) is 4.00. The number of hydrogen-bond acceptors (Lipinski definition) is 6. The van der Waals surface area contributed by atoms with Crippen molar-refractivity contribution in [2.75, 3.05) is 0 Å². The van der Waals surface area contributed by atoms with E-state index in [-0.39, 0.29) is 31.4 Å². The molecule has 1 aliphatic heterocycles. The first-order valence-electron chi connectivity index (χ1n) is 10.9. The fourth-order valence-electron chi connectivity index (χ4n) is 4.21. The predicted molar refractivity (Wildman–Crippen MR) is 121 cm³/mol. The molecule has 1 fully saturated rings. The van der Waals surface area contributed by atoms with Crippen LogP contribution >= 0.6 is 0 Å². The Bertz CT molecular complexity index is 1320. The smallest absolute Gasteiger partial charge is 0.306 e. The van der Waals surface area contributed by atoms with Gasteiger partial charge in [-0.05, 0) is 19.1 Å². The highest BCUT2D eigenvalue weighted by Gasteiger charge is 2.34. The SMILES string of the molecule is Cc1onc(-c2ccccc2)c1CN(Cc1nc2ccccc2n1C)C(=O)C1CCC(=O)O1.